The molecule has 0 atom stereocenters. The molecule has 0 saturated carbocycles. The second-order valence-corrected chi connectivity index (χ2v) is 2.12. The molecular weight excluding hydrogens is 160 g/mol. The molecule has 0 fully saturated rings. The summed E-state index contributed by atoms with van der Waals surface area (Å²) in [6.45, 7) is 0. The Balaban J connectivity index is 3.23. The minimum absolute atomic E-state index is 0.0347. The molecule has 1 heterocycles. The van der Waals surface area contributed by atoms with E-state index < -0.39 is 6.43 Å². The Bertz CT molecular complexity index is 276. The summed E-state index contributed by atoms with van der Waals surface area (Å²) >= 11 is 4.50. The number of halogens is 2. The van der Waals surface area contributed by atoms with Gasteiger partial charge in [-0.3, -0.25) is 10.2 Å². The van der Waals surface area contributed by atoms with E-state index in [1.807, 2.05) is 0 Å². The van der Waals surface area contributed by atoms with E-state index in [-0.39, 0.29) is 16.0 Å². The lowest BCUT2D eigenvalue weighted by Gasteiger charge is -1.92. The number of anilines is 1. The molecule has 0 unspecified atom stereocenters. The van der Waals surface area contributed by atoms with Crippen LogP contribution in [-0.2, 0) is 0 Å². The maximum absolute atomic E-state index is 11.9. The highest BCUT2D eigenvalue weighted by Crippen LogP contribution is 2.23. The van der Waals surface area contributed by atoms with Crippen molar-refractivity contribution in [3.05, 3.63) is 10.2 Å². The molecule has 0 amide bonds. The Labute approximate surface area is 60.2 Å². The molecule has 56 valence electrons. The van der Waals surface area contributed by atoms with Crippen molar-refractivity contribution in [1.29, 1.82) is 0 Å². The van der Waals surface area contributed by atoms with Gasteiger partial charge in [-0.05, 0) is 0 Å². The molecule has 1 aromatic heterocycles. The van der Waals surface area contributed by atoms with Gasteiger partial charge < -0.3 is 5.73 Å². The number of H-pyrrole nitrogens is 2. The van der Waals surface area contributed by atoms with Gasteiger partial charge in [-0.25, -0.2) is 8.78 Å². The third kappa shape index (κ3) is 1.02. The molecule has 0 saturated heterocycles. The van der Waals surface area contributed by atoms with Gasteiger partial charge >= 0.3 is 0 Å². The molecule has 0 bridgehead atoms. The second-order valence-electron chi connectivity index (χ2n) is 1.71. The van der Waals surface area contributed by atoms with E-state index in [1.54, 1.807) is 0 Å². The summed E-state index contributed by atoms with van der Waals surface area (Å²) in [5, 5.41) is 4.59. The molecule has 0 aliphatic heterocycles. The first kappa shape index (κ1) is 7.20. The van der Waals surface area contributed by atoms with Gasteiger partial charge in [0, 0.05) is 0 Å². The van der Waals surface area contributed by atoms with Crippen molar-refractivity contribution in [2.45, 2.75) is 6.43 Å². The van der Waals surface area contributed by atoms with Crippen LogP contribution in [0, 0.1) is 4.64 Å². The zero-order valence-corrected chi connectivity index (χ0v) is 5.64. The lowest BCUT2D eigenvalue weighted by molar-refractivity contribution is 0.152. The summed E-state index contributed by atoms with van der Waals surface area (Å²) in [4.78, 5) is 0. The molecule has 6 heteroatoms. The number of aromatic amines is 2. The van der Waals surface area contributed by atoms with Gasteiger partial charge in [0.1, 0.15) is 10.5 Å². The number of hydrogen-bond acceptors (Lipinski definition) is 2. The quantitative estimate of drug-likeness (QED) is 0.553. The highest BCUT2D eigenvalue weighted by molar-refractivity contribution is 7.71. The normalized spacial score (nSPS) is 10.7. The molecular formula is C4H5F2N3S. The molecule has 0 radical (unpaired) electrons. The zero-order chi connectivity index (χ0) is 7.72. The van der Waals surface area contributed by atoms with Crippen LogP contribution in [0.1, 0.15) is 12.0 Å². The van der Waals surface area contributed by atoms with E-state index in [0.717, 1.165) is 0 Å². The largest absolute Gasteiger partial charge is 0.384 e. The Morgan fingerprint density at radius 3 is 2.20 bits per heavy atom. The minimum atomic E-state index is -2.62. The van der Waals surface area contributed by atoms with Gasteiger partial charge in [-0.1, -0.05) is 12.2 Å². The van der Waals surface area contributed by atoms with Crippen molar-refractivity contribution in [3.63, 3.8) is 0 Å². The fraction of sp³-hybridized carbons (Fsp3) is 0.250. The molecule has 0 aromatic carbocycles. The average Bonchev–Trinajstić information content (AvgIpc) is 2.11. The predicted octanol–water partition coefficient (Wildman–Crippen LogP) is 1.59. The average molecular weight is 165 g/mol. The van der Waals surface area contributed by atoms with Gasteiger partial charge in [-0.2, -0.15) is 0 Å². The van der Waals surface area contributed by atoms with Crippen molar-refractivity contribution in [2.75, 3.05) is 5.73 Å². The maximum atomic E-state index is 11.9. The number of alkyl halides is 2. The standard InChI is InChI=1S/C4H5F2N3S/c5-2(6)1-3(7)8-9-4(1)10/h2H,(H4,7,8,9,10). The van der Waals surface area contributed by atoms with Crippen LogP contribution in [0.2, 0.25) is 0 Å². The van der Waals surface area contributed by atoms with Gasteiger partial charge in [0.15, 0.2) is 0 Å². The summed E-state index contributed by atoms with van der Waals surface area (Å²) in [7, 11) is 0. The third-order valence-electron chi connectivity index (χ3n) is 1.06. The highest BCUT2D eigenvalue weighted by atomic mass is 32.1. The highest BCUT2D eigenvalue weighted by Gasteiger charge is 2.14. The molecule has 3 nitrogen and oxygen atoms in total. The van der Waals surface area contributed by atoms with Crippen molar-refractivity contribution in [1.82, 2.24) is 10.2 Å². The Morgan fingerprint density at radius 2 is 2.00 bits per heavy atom. The molecule has 1 aromatic rings. The van der Waals surface area contributed by atoms with Crippen molar-refractivity contribution in [2.24, 2.45) is 0 Å². The summed E-state index contributed by atoms with van der Waals surface area (Å²) in [6.07, 6.45) is -2.62. The Hall–Kier alpha value is -0.910. The van der Waals surface area contributed by atoms with Crippen molar-refractivity contribution in [3.8, 4) is 0 Å². The maximum Gasteiger partial charge on any atom is 0.270 e. The molecule has 1 rings (SSSR count). The minimum Gasteiger partial charge on any atom is -0.384 e. The van der Waals surface area contributed by atoms with Crippen LogP contribution in [-0.4, -0.2) is 10.2 Å². The molecule has 4 N–H and O–H groups in total. The van der Waals surface area contributed by atoms with Crippen LogP contribution in [0.4, 0.5) is 14.6 Å². The summed E-state index contributed by atoms with van der Waals surface area (Å²) in [5.41, 5.74) is 4.78. The topological polar surface area (TPSA) is 57.6 Å². The van der Waals surface area contributed by atoms with Gasteiger partial charge in [0.25, 0.3) is 6.43 Å². The monoisotopic (exact) mass is 165 g/mol. The fourth-order valence-electron chi connectivity index (χ4n) is 0.598. The van der Waals surface area contributed by atoms with E-state index in [1.165, 1.54) is 0 Å². The second kappa shape index (κ2) is 2.37. The molecule has 0 aliphatic rings. The summed E-state index contributed by atoms with van der Waals surface area (Å²) in [6, 6.07) is 0. The lowest BCUT2D eigenvalue weighted by Crippen LogP contribution is -1.91. The number of rotatable bonds is 1. The Kier molecular flexibility index (Phi) is 1.71. The smallest absolute Gasteiger partial charge is 0.270 e. The molecule has 0 spiro atoms. The van der Waals surface area contributed by atoms with Crippen molar-refractivity contribution >= 4 is 18.0 Å². The van der Waals surface area contributed by atoms with Crippen LogP contribution >= 0.6 is 12.2 Å². The number of aromatic nitrogens is 2. The van der Waals surface area contributed by atoms with E-state index >= 15 is 0 Å². The van der Waals surface area contributed by atoms with E-state index in [9.17, 15) is 8.78 Å². The van der Waals surface area contributed by atoms with Gasteiger partial charge in [0.05, 0.1) is 5.56 Å². The number of nitrogens with one attached hydrogen (secondary N) is 2. The molecule has 10 heavy (non-hydrogen) atoms. The van der Waals surface area contributed by atoms with Crippen LogP contribution < -0.4 is 5.73 Å². The first-order valence-corrected chi connectivity index (χ1v) is 2.88. The number of hydrogen-bond donors (Lipinski definition) is 3. The summed E-state index contributed by atoms with van der Waals surface area (Å²) in [5.74, 6) is -0.0972. The van der Waals surface area contributed by atoms with E-state index in [0.29, 0.717) is 0 Å². The number of nitrogen functional groups attached to an aromatic ring is 1. The van der Waals surface area contributed by atoms with E-state index in [4.69, 9.17) is 5.73 Å². The Morgan fingerprint density at radius 1 is 1.40 bits per heavy atom. The zero-order valence-electron chi connectivity index (χ0n) is 4.82. The SMILES string of the molecule is Nc1[nH][nH]c(=S)c1C(F)F. The van der Waals surface area contributed by atoms with Crippen LogP contribution in [0.25, 0.3) is 0 Å². The number of nitrogens with two attached hydrogens (primary N) is 1. The van der Waals surface area contributed by atoms with Gasteiger partial charge in [-0.15, -0.1) is 0 Å². The molecule has 0 aliphatic carbocycles. The first-order valence-electron chi connectivity index (χ1n) is 2.47. The van der Waals surface area contributed by atoms with E-state index in [2.05, 4.69) is 22.4 Å². The van der Waals surface area contributed by atoms with Crippen molar-refractivity contribution < 1.29 is 8.78 Å². The van der Waals surface area contributed by atoms with Crippen LogP contribution in [0.5, 0.6) is 0 Å². The first-order chi connectivity index (χ1) is 4.63. The van der Waals surface area contributed by atoms with Crippen LogP contribution in [0.3, 0.4) is 0 Å². The third-order valence-corrected chi connectivity index (χ3v) is 1.39. The lowest BCUT2D eigenvalue weighted by atomic mass is 10.3. The van der Waals surface area contributed by atoms with Crippen LogP contribution in [0.15, 0.2) is 0 Å². The fourth-order valence-corrected chi connectivity index (χ4v) is 0.848. The summed E-state index contributed by atoms with van der Waals surface area (Å²) < 4.78 is 23.8. The predicted molar refractivity (Wildman–Crippen MR) is 35.3 cm³/mol. The van der Waals surface area contributed by atoms with Gasteiger partial charge in [0.2, 0.25) is 0 Å².